The number of ether oxygens (including phenoxy) is 1. The van der Waals surface area contributed by atoms with Crippen molar-refractivity contribution < 1.29 is 38.7 Å². The zero-order valence-corrected chi connectivity index (χ0v) is 18.0. The lowest BCUT2D eigenvalue weighted by Gasteiger charge is -2.18. The lowest BCUT2D eigenvalue weighted by atomic mass is 9.97. The van der Waals surface area contributed by atoms with Crippen molar-refractivity contribution in [2.24, 2.45) is 0 Å². The first-order chi connectivity index (χ1) is 16.2. The number of hydrogen-bond acceptors (Lipinski definition) is 8. The molecule has 1 aliphatic carbocycles. The van der Waals surface area contributed by atoms with Crippen LogP contribution in [-0.4, -0.2) is 47.7 Å². The number of imide groups is 1. The number of amides is 4. The minimum absolute atomic E-state index is 0.0267. The van der Waals surface area contributed by atoms with Gasteiger partial charge in [-0.25, -0.2) is 4.79 Å². The van der Waals surface area contributed by atoms with E-state index in [1.54, 1.807) is 18.2 Å². The standard InChI is InChI=1S/C23H21N3O8/c1-12(24-22(30)31)21(29)25-13-6-7-16-14-4-2-3-5-15(14)18(17(16)10-13)11-33-23(32)34-26-19(27)8-9-20(26)28/h2-7,10,12,18,24H,8-9,11H2,1H3,(H,25,29)(H,30,31)/p-1. The molecule has 0 spiro atoms. The van der Waals surface area contributed by atoms with Crippen LogP contribution in [0.5, 0.6) is 0 Å². The summed E-state index contributed by atoms with van der Waals surface area (Å²) in [5.41, 5.74) is 3.87. The fraction of sp³-hybridized carbons (Fsp3) is 0.261. The molecule has 0 bridgehead atoms. The second-order valence-electron chi connectivity index (χ2n) is 7.82. The average molecular weight is 466 g/mol. The normalized spacial score (nSPS) is 17.0. The molecule has 0 saturated carbocycles. The number of nitrogens with zero attached hydrogens (tertiary/aromatic N) is 1. The third kappa shape index (κ3) is 4.53. The van der Waals surface area contributed by atoms with E-state index in [-0.39, 0.29) is 19.4 Å². The number of carboxylic acid groups (broad SMARTS) is 1. The van der Waals surface area contributed by atoms with E-state index in [9.17, 15) is 29.1 Å². The SMILES string of the molecule is CC(NC(=O)[O-])C(=O)Nc1ccc2c(c1)C(COC(=O)ON1C(=O)CCC1=O)c1ccccc1-2. The van der Waals surface area contributed by atoms with Crippen LogP contribution in [0.15, 0.2) is 42.5 Å². The van der Waals surface area contributed by atoms with Crippen LogP contribution in [0.25, 0.3) is 11.1 Å². The molecule has 2 aromatic carbocycles. The summed E-state index contributed by atoms with van der Waals surface area (Å²) in [6.07, 6.45) is -2.79. The number of benzene rings is 2. The Labute approximate surface area is 193 Å². The predicted octanol–water partition coefficient (Wildman–Crippen LogP) is 1.28. The Morgan fingerprint density at radius 3 is 2.44 bits per heavy atom. The molecule has 1 aliphatic heterocycles. The van der Waals surface area contributed by atoms with Gasteiger partial charge in [0, 0.05) is 24.4 Å². The maximum Gasteiger partial charge on any atom is 0.533 e. The number of nitrogens with one attached hydrogen (secondary N) is 2. The van der Waals surface area contributed by atoms with E-state index >= 15 is 0 Å². The number of rotatable bonds is 6. The summed E-state index contributed by atoms with van der Waals surface area (Å²) in [6.45, 7) is 1.24. The minimum atomic E-state index is -1.56. The fourth-order valence-corrected chi connectivity index (χ4v) is 3.97. The molecular weight excluding hydrogens is 446 g/mol. The maximum absolute atomic E-state index is 12.3. The van der Waals surface area contributed by atoms with Gasteiger partial charge in [0.05, 0.1) is 0 Å². The molecule has 2 aromatic rings. The molecule has 2 atom stereocenters. The summed E-state index contributed by atoms with van der Waals surface area (Å²) < 4.78 is 5.22. The van der Waals surface area contributed by atoms with E-state index in [0.717, 1.165) is 22.3 Å². The van der Waals surface area contributed by atoms with Crippen LogP contribution in [0, 0.1) is 0 Å². The van der Waals surface area contributed by atoms with Crippen molar-refractivity contribution in [3.8, 4) is 11.1 Å². The van der Waals surface area contributed by atoms with Gasteiger partial charge in [-0.3, -0.25) is 19.2 Å². The van der Waals surface area contributed by atoms with Crippen molar-refractivity contribution in [2.75, 3.05) is 11.9 Å². The lowest BCUT2D eigenvalue weighted by molar-refractivity contribution is -0.251. The number of hydroxylamine groups is 2. The van der Waals surface area contributed by atoms with Gasteiger partial charge in [0.25, 0.3) is 11.8 Å². The highest BCUT2D eigenvalue weighted by Crippen LogP contribution is 2.45. The third-order valence-corrected chi connectivity index (χ3v) is 5.59. The van der Waals surface area contributed by atoms with Gasteiger partial charge >= 0.3 is 6.16 Å². The lowest BCUT2D eigenvalue weighted by Crippen LogP contribution is -2.47. The van der Waals surface area contributed by atoms with Crippen LogP contribution in [0.1, 0.15) is 36.8 Å². The molecular formula is C23H20N3O8-. The van der Waals surface area contributed by atoms with Gasteiger partial charge in [-0.2, -0.15) is 0 Å². The molecule has 11 heteroatoms. The first kappa shape index (κ1) is 22.8. The molecule has 0 radical (unpaired) electrons. The van der Waals surface area contributed by atoms with E-state index in [1.165, 1.54) is 6.92 Å². The van der Waals surface area contributed by atoms with Crippen LogP contribution in [-0.2, 0) is 24.0 Å². The summed E-state index contributed by atoms with van der Waals surface area (Å²) in [5.74, 6) is -2.20. The number of fused-ring (bicyclic) bond motifs is 3. The number of hydrogen-bond donors (Lipinski definition) is 2. The second kappa shape index (κ2) is 9.22. The molecule has 176 valence electrons. The van der Waals surface area contributed by atoms with Crippen LogP contribution >= 0.6 is 0 Å². The average Bonchev–Trinajstić information content (AvgIpc) is 3.28. The fourth-order valence-electron chi connectivity index (χ4n) is 3.97. The molecule has 4 rings (SSSR count). The van der Waals surface area contributed by atoms with Crippen molar-refractivity contribution >= 4 is 35.7 Å². The molecule has 0 aromatic heterocycles. The van der Waals surface area contributed by atoms with Crippen LogP contribution in [0.3, 0.4) is 0 Å². The Balaban J connectivity index is 1.51. The summed E-state index contributed by atoms with van der Waals surface area (Å²) in [5, 5.41) is 15.7. The Morgan fingerprint density at radius 1 is 1.06 bits per heavy atom. The highest BCUT2D eigenvalue weighted by atomic mass is 16.8. The highest BCUT2D eigenvalue weighted by Gasteiger charge is 2.35. The third-order valence-electron chi connectivity index (χ3n) is 5.59. The summed E-state index contributed by atoms with van der Waals surface area (Å²) in [7, 11) is 0. The van der Waals surface area contributed by atoms with Crippen LogP contribution in [0.4, 0.5) is 15.3 Å². The maximum atomic E-state index is 12.3. The first-order valence-electron chi connectivity index (χ1n) is 10.5. The van der Waals surface area contributed by atoms with E-state index in [2.05, 4.69) is 5.32 Å². The Morgan fingerprint density at radius 2 is 1.74 bits per heavy atom. The van der Waals surface area contributed by atoms with Crippen molar-refractivity contribution in [3.63, 3.8) is 0 Å². The largest absolute Gasteiger partial charge is 0.533 e. The van der Waals surface area contributed by atoms with Gasteiger partial charge in [0.2, 0.25) is 5.91 Å². The van der Waals surface area contributed by atoms with Gasteiger partial charge < -0.3 is 25.3 Å². The van der Waals surface area contributed by atoms with Gasteiger partial charge in [-0.05, 0) is 41.3 Å². The Kier molecular flexibility index (Phi) is 6.17. The predicted molar refractivity (Wildman–Crippen MR) is 114 cm³/mol. The van der Waals surface area contributed by atoms with E-state index in [1.807, 2.05) is 29.6 Å². The number of carbonyl (C=O) groups excluding carboxylic acids is 5. The zero-order valence-electron chi connectivity index (χ0n) is 18.0. The minimum Gasteiger partial charge on any atom is -0.530 e. The molecule has 34 heavy (non-hydrogen) atoms. The molecule has 1 heterocycles. The smallest absolute Gasteiger partial charge is 0.530 e. The Bertz CT molecular complexity index is 1180. The van der Waals surface area contributed by atoms with Gasteiger partial charge in [-0.1, -0.05) is 35.4 Å². The van der Waals surface area contributed by atoms with Crippen molar-refractivity contribution in [1.82, 2.24) is 10.4 Å². The van der Waals surface area contributed by atoms with E-state index in [0.29, 0.717) is 10.8 Å². The Hall–Kier alpha value is -4.41. The highest BCUT2D eigenvalue weighted by molar-refractivity contribution is 6.01. The van der Waals surface area contributed by atoms with E-state index in [4.69, 9.17) is 9.57 Å². The number of anilines is 1. The molecule has 11 nitrogen and oxygen atoms in total. The molecule has 2 aliphatic rings. The van der Waals surface area contributed by atoms with Crippen molar-refractivity contribution in [3.05, 3.63) is 53.6 Å². The van der Waals surface area contributed by atoms with Gasteiger partial charge in [-0.15, -0.1) is 0 Å². The van der Waals surface area contributed by atoms with Crippen LogP contribution in [0.2, 0.25) is 0 Å². The van der Waals surface area contributed by atoms with Crippen molar-refractivity contribution in [1.29, 1.82) is 0 Å². The zero-order chi connectivity index (χ0) is 24.4. The summed E-state index contributed by atoms with van der Waals surface area (Å²) >= 11 is 0. The van der Waals surface area contributed by atoms with Gasteiger partial charge in [0.1, 0.15) is 18.7 Å². The second-order valence-corrected chi connectivity index (χ2v) is 7.82. The van der Waals surface area contributed by atoms with Crippen molar-refractivity contribution in [2.45, 2.75) is 31.7 Å². The molecule has 1 saturated heterocycles. The summed E-state index contributed by atoms with van der Waals surface area (Å²) in [4.78, 5) is 63.1. The molecule has 2 unspecified atom stereocenters. The quantitative estimate of drug-likeness (QED) is 0.477. The first-order valence-corrected chi connectivity index (χ1v) is 10.5. The number of carbonyl (C=O) groups is 5. The topological polar surface area (TPSA) is 154 Å². The molecule has 2 N–H and O–H groups in total. The summed E-state index contributed by atoms with van der Waals surface area (Å²) in [6, 6.07) is 11.7. The van der Waals surface area contributed by atoms with Gasteiger partial charge in [0.15, 0.2) is 0 Å². The molecule has 4 amide bonds. The van der Waals surface area contributed by atoms with E-state index < -0.39 is 41.9 Å². The van der Waals surface area contributed by atoms with Crippen LogP contribution < -0.4 is 15.7 Å². The molecule has 1 fully saturated rings. The monoisotopic (exact) mass is 466 g/mol.